The number of carbonyl (C=O) groups excluding carboxylic acids is 1. The van der Waals surface area contributed by atoms with E-state index in [4.69, 9.17) is 5.11 Å². The number of carbonyl (C=O) groups is 1. The molecule has 0 aliphatic carbocycles. The zero-order valence-electron chi connectivity index (χ0n) is 12.1. The van der Waals surface area contributed by atoms with Gasteiger partial charge in [0.1, 0.15) is 0 Å². The molecule has 0 aliphatic heterocycles. The summed E-state index contributed by atoms with van der Waals surface area (Å²) in [5.41, 5.74) is 2.06. The van der Waals surface area contributed by atoms with Crippen LogP contribution < -0.4 is 5.32 Å². The smallest absolute Gasteiger partial charge is 0.233 e. The average molecular weight is 274 g/mol. The first-order chi connectivity index (χ1) is 9.71. The van der Waals surface area contributed by atoms with Crippen molar-refractivity contribution < 1.29 is 9.90 Å². The molecule has 0 atom stereocenters. The molecule has 108 valence electrons. The molecule has 20 heavy (non-hydrogen) atoms. The first-order valence-electron chi connectivity index (χ1n) is 6.81. The molecule has 0 saturated carbocycles. The Morgan fingerprint density at radius 3 is 2.80 bits per heavy atom. The molecule has 4 heteroatoms. The van der Waals surface area contributed by atoms with Crippen LogP contribution >= 0.6 is 0 Å². The van der Waals surface area contributed by atoms with Crippen LogP contribution in [-0.2, 0) is 11.3 Å². The van der Waals surface area contributed by atoms with Crippen molar-refractivity contribution in [3.63, 3.8) is 0 Å². The van der Waals surface area contributed by atoms with Crippen molar-refractivity contribution in [3.05, 3.63) is 35.4 Å². The number of aliphatic hydroxyl groups excluding tert-OH is 1. The third-order valence-corrected chi connectivity index (χ3v) is 2.96. The van der Waals surface area contributed by atoms with Crippen LogP contribution in [0.5, 0.6) is 0 Å². The van der Waals surface area contributed by atoms with Gasteiger partial charge in [0.25, 0.3) is 0 Å². The van der Waals surface area contributed by atoms with Crippen molar-refractivity contribution in [1.29, 1.82) is 0 Å². The zero-order chi connectivity index (χ0) is 14.8. The lowest BCUT2D eigenvalue weighted by Crippen LogP contribution is -2.35. The molecule has 0 spiro atoms. The summed E-state index contributed by atoms with van der Waals surface area (Å²) in [6.07, 6.45) is 0.476. The van der Waals surface area contributed by atoms with E-state index in [-0.39, 0.29) is 12.5 Å². The highest BCUT2D eigenvalue weighted by Gasteiger charge is 2.09. The molecule has 0 bridgehead atoms. The van der Waals surface area contributed by atoms with Crippen molar-refractivity contribution in [1.82, 2.24) is 10.2 Å². The van der Waals surface area contributed by atoms with Gasteiger partial charge in [-0.15, -0.1) is 0 Å². The van der Waals surface area contributed by atoms with Crippen LogP contribution in [-0.4, -0.2) is 42.7 Å². The Hall–Kier alpha value is -1.83. The Kier molecular flexibility index (Phi) is 7.41. The molecule has 0 fully saturated rings. The van der Waals surface area contributed by atoms with E-state index in [1.807, 2.05) is 31.2 Å². The third-order valence-electron chi connectivity index (χ3n) is 2.96. The molecule has 4 nitrogen and oxygen atoms in total. The fourth-order valence-corrected chi connectivity index (χ4v) is 1.80. The van der Waals surface area contributed by atoms with E-state index in [0.29, 0.717) is 19.5 Å². The highest BCUT2D eigenvalue weighted by Crippen LogP contribution is 2.10. The van der Waals surface area contributed by atoms with Crippen molar-refractivity contribution in [2.45, 2.75) is 19.9 Å². The highest BCUT2D eigenvalue weighted by molar-refractivity contribution is 5.77. The summed E-state index contributed by atoms with van der Waals surface area (Å²) in [6.45, 7) is 3.97. The van der Waals surface area contributed by atoms with Gasteiger partial charge in [-0.25, -0.2) is 0 Å². The molecule has 1 aromatic rings. The summed E-state index contributed by atoms with van der Waals surface area (Å²) in [7, 11) is 1.64. The highest BCUT2D eigenvalue weighted by atomic mass is 16.2. The van der Waals surface area contributed by atoms with Crippen LogP contribution in [0.15, 0.2) is 24.3 Å². The molecule has 0 aromatic heterocycles. The van der Waals surface area contributed by atoms with E-state index in [2.05, 4.69) is 22.1 Å². The lowest BCUT2D eigenvalue weighted by molar-refractivity contribution is -0.121. The van der Waals surface area contributed by atoms with Crippen LogP contribution in [0.1, 0.15) is 24.5 Å². The minimum atomic E-state index is 0.00990. The van der Waals surface area contributed by atoms with Crippen molar-refractivity contribution >= 4 is 5.91 Å². The maximum atomic E-state index is 11.5. The molecule has 0 heterocycles. The van der Waals surface area contributed by atoms with Gasteiger partial charge in [-0.1, -0.05) is 37.0 Å². The molecule has 0 saturated heterocycles. The first kappa shape index (κ1) is 16.2. The summed E-state index contributed by atoms with van der Waals surface area (Å²) in [6, 6.07) is 7.91. The van der Waals surface area contributed by atoms with Gasteiger partial charge >= 0.3 is 0 Å². The third kappa shape index (κ3) is 5.43. The van der Waals surface area contributed by atoms with Crippen LogP contribution in [0.2, 0.25) is 0 Å². The quantitative estimate of drug-likeness (QED) is 0.761. The molecule has 0 radical (unpaired) electrons. The normalized spacial score (nSPS) is 10.0. The number of nitrogens with zero attached hydrogens (tertiary/aromatic N) is 1. The summed E-state index contributed by atoms with van der Waals surface area (Å²) in [5, 5.41) is 11.4. The minimum Gasteiger partial charge on any atom is -0.395 e. The largest absolute Gasteiger partial charge is 0.395 e. The van der Waals surface area contributed by atoms with Gasteiger partial charge in [-0.2, -0.15) is 0 Å². The van der Waals surface area contributed by atoms with Crippen LogP contribution in [0.4, 0.5) is 0 Å². The van der Waals surface area contributed by atoms with E-state index in [0.717, 1.165) is 17.7 Å². The summed E-state index contributed by atoms with van der Waals surface area (Å²) in [5.74, 6) is 6.02. The van der Waals surface area contributed by atoms with Gasteiger partial charge in [0.05, 0.1) is 13.2 Å². The molecule has 1 aromatic carbocycles. The topological polar surface area (TPSA) is 52.6 Å². The molecule has 0 unspecified atom stereocenters. The van der Waals surface area contributed by atoms with Gasteiger partial charge in [-0.3, -0.25) is 9.69 Å². The Morgan fingerprint density at radius 2 is 2.15 bits per heavy atom. The lowest BCUT2D eigenvalue weighted by atomic mass is 10.1. The molecular weight excluding hydrogens is 252 g/mol. The maximum Gasteiger partial charge on any atom is 0.233 e. The predicted molar refractivity (Wildman–Crippen MR) is 80.0 cm³/mol. The van der Waals surface area contributed by atoms with Crippen molar-refractivity contribution in [2.24, 2.45) is 0 Å². The second-order valence-corrected chi connectivity index (χ2v) is 4.41. The van der Waals surface area contributed by atoms with Crippen LogP contribution in [0.3, 0.4) is 0 Å². The van der Waals surface area contributed by atoms with Crippen molar-refractivity contribution in [3.8, 4) is 11.8 Å². The Morgan fingerprint density at radius 1 is 1.40 bits per heavy atom. The number of nitrogens with one attached hydrogen (secondary N) is 1. The van der Waals surface area contributed by atoms with E-state index < -0.39 is 0 Å². The van der Waals surface area contributed by atoms with E-state index in [9.17, 15) is 4.79 Å². The van der Waals surface area contributed by atoms with Gasteiger partial charge in [0.15, 0.2) is 0 Å². The van der Waals surface area contributed by atoms with E-state index in [1.165, 1.54) is 0 Å². The van der Waals surface area contributed by atoms with Crippen LogP contribution in [0, 0.1) is 11.8 Å². The van der Waals surface area contributed by atoms with Crippen molar-refractivity contribution in [2.75, 3.05) is 26.7 Å². The average Bonchev–Trinajstić information content (AvgIpc) is 2.48. The second kappa shape index (κ2) is 9.13. The standard InChI is InChI=1S/C16H22N2O2/c1-3-18(13-16(20)17-2)12-15-10-5-4-8-14(15)9-6-7-11-19/h4-5,8,10,19H,3,7,11-13H2,1-2H3,(H,17,20). The lowest BCUT2D eigenvalue weighted by Gasteiger charge is -2.20. The van der Waals surface area contributed by atoms with Gasteiger partial charge in [-0.05, 0) is 18.2 Å². The van der Waals surface area contributed by atoms with Crippen LogP contribution in [0.25, 0.3) is 0 Å². The number of rotatable bonds is 6. The number of benzene rings is 1. The Labute approximate surface area is 120 Å². The number of likely N-dealkylation sites (N-methyl/N-ethyl adjacent to an activating group) is 2. The van der Waals surface area contributed by atoms with Gasteiger partial charge < -0.3 is 10.4 Å². The molecule has 1 rings (SSSR count). The SMILES string of the molecule is CCN(CC(=O)NC)Cc1ccccc1C#CCCO. The van der Waals surface area contributed by atoms with E-state index in [1.54, 1.807) is 7.05 Å². The van der Waals surface area contributed by atoms with Gasteiger partial charge in [0.2, 0.25) is 5.91 Å². The summed E-state index contributed by atoms with van der Waals surface area (Å²) in [4.78, 5) is 13.5. The monoisotopic (exact) mass is 274 g/mol. The second-order valence-electron chi connectivity index (χ2n) is 4.41. The Balaban J connectivity index is 2.80. The summed E-state index contributed by atoms with van der Waals surface area (Å²) >= 11 is 0. The Bertz CT molecular complexity index is 489. The molecular formula is C16H22N2O2. The molecule has 1 amide bonds. The number of hydrogen-bond donors (Lipinski definition) is 2. The first-order valence-corrected chi connectivity index (χ1v) is 6.81. The maximum absolute atomic E-state index is 11.5. The fourth-order valence-electron chi connectivity index (χ4n) is 1.80. The molecule has 0 aliphatic rings. The number of amides is 1. The molecule has 2 N–H and O–H groups in total. The number of hydrogen-bond acceptors (Lipinski definition) is 3. The number of aliphatic hydroxyl groups is 1. The fraction of sp³-hybridized carbons (Fsp3) is 0.438. The zero-order valence-corrected chi connectivity index (χ0v) is 12.1. The van der Waals surface area contributed by atoms with Gasteiger partial charge in [0, 0.05) is 25.6 Å². The van der Waals surface area contributed by atoms with E-state index >= 15 is 0 Å². The minimum absolute atomic E-state index is 0.00990. The predicted octanol–water partition coefficient (Wildman–Crippen LogP) is 0.988. The summed E-state index contributed by atoms with van der Waals surface area (Å²) < 4.78 is 0.